The van der Waals surface area contributed by atoms with Crippen molar-refractivity contribution in [3.63, 3.8) is 0 Å². The number of rotatable bonds is 2. The molecule has 0 atom stereocenters. The van der Waals surface area contributed by atoms with E-state index in [0.29, 0.717) is 11.3 Å². The van der Waals surface area contributed by atoms with Crippen molar-refractivity contribution in [3.8, 4) is 17.1 Å². The minimum absolute atomic E-state index is 0.0941. The van der Waals surface area contributed by atoms with Crippen LogP contribution in [0.25, 0.3) is 11.3 Å². The maximum Gasteiger partial charge on any atom is 0.416 e. The van der Waals surface area contributed by atoms with Gasteiger partial charge in [0.25, 0.3) is 0 Å². The summed E-state index contributed by atoms with van der Waals surface area (Å²) in [5.41, 5.74) is -0.337. The summed E-state index contributed by atoms with van der Waals surface area (Å²) < 4.78 is 47.4. The third kappa shape index (κ3) is 2.25. The van der Waals surface area contributed by atoms with Gasteiger partial charge in [-0.1, -0.05) is 0 Å². The quantitative estimate of drug-likeness (QED) is 0.811. The molecule has 0 amide bonds. The molecular weight excluding hydrogens is 235 g/mol. The van der Waals surface area contributed by atoms with Crippen molar-refractivity contribution in [1.82, 2.24) is 4.98 Å². The zero-order valence-corrected chi connectivity index (χ0v) is 8.78. The van der Waals surface area contributed by atoms with Crippen LogP contribution in [0, 0.1) is 0 Å². The second-order valence-electron chi connectivity index (χ2n) is 3.28. The fourth-order valence-corrected chi connectivity index (χ4v) is 1.42. The summed E-state index contributed by atoms with van der Waals surface area (Å²) in [6, 6.07) is 3.19. The largest absolute Gasteiger partial charge is 0.496 e. The minimum atomic E-state index is -4.40. The van der Waals surface area contributed by atoms with Crippen LogP contribution in [0.2, 0.25) is 0 Å². The van der Waals surface area contributed by atoms with Gasteiger partial charge in [0, 0.05) is 0 Å². The average molecular weight is 243 g/mol. The fourth-order valence-electron chi connectivity index (χ4n) is 1.42. The number of hydrogen-bond acceptors (Lipinski definition) is 3. The highest BCUT2D eigenvalue weighted by Crippen LogP contribution is 2.36. The number of alkyl halides is 3. The lowest BCUT2D eigenvalue weighted by molar-refractivity contribution is -0.137. The third-order valence-electron chi connectivity index (χ3n) is 2.23. The Kier molecular flexibility index (Phi) is 2.79. The van der Waals surface area contributed by atoms with Crippen LogP contribution in [0.15, 0.2) is 35.2 Å². The molecule has 0 saturated heterocycles. The molecule has 0 aliphatic carbocycles. The summed E-state index contributed by atoms with van der Waals surface area (Å²) in [5, 5.41) is 0. The minimum Gasteiger partial charge on any atom is -0.496 e. The van der Waals surface area contributed by atoms with E-state index in [-0.39, 0.29) is 5.75 Å². The van der Waals surface area contributed by atoms with E-state index in [1.165, 1.54) is 25.8 Å². The molecule has 0 spiro atoms. The number of oxazole rings is 1. The number of hydrogen-bond donors (Lipinski definition) is 0. The van der Waals surface area contributed by atoms with Gasteiger partial charge >= 0.3 is 6.18 Å². The summed E-state index contributed by atoms with van der Waals surface area (Å²) in [5.74, 6) is 0.451. The van der Waals surface area contributed by atoms with Gasteiger partial charge in [0.1, 0.15) is 5.75 Å². The van der Waals surface area contributed by atoms with Gasteiger partial charge in [0.15, 0.2) is 12.2 Å². The summed E-state index contributed by atoms with van der Waals surface area (Å²) in [6.07, 6.45) is -1.79. The Balaban J connectivity index is 2.50. The molecule has 1 heterocycles. The first-order valence-electron chi connectivity index (χ1n) is 4.66. The molecule has 0 bridgehead atoms. The number of methoxy groups -OCH3 is 1. The molecule has 3 nitrogen and oxygen atoms in total. The zero-order valence-electron chi connectivity index (χ0n) is 8.78. The second kappa shape index (κ2) is 4.12. The maximum absolute atomic E-state index is 12.5. The molecule has 0 fully saturated rings. The molecule has 17 heavy (non-hydrogen) atoms. The zero-order chi connectivity index (χ0) is 12.5. The first-order valence-corrected chi connectivity index (χ1v) is 4.66. The smallest absolute Gasteiger partial charge is 0.416 e. The third-order valence-corrected chi connectivity index (χ3v) is 2.23. The van der Waals surface area contributed by atoms with Gasteiger partial charge in [-0.15, -0.1) is 0 Å². The Labute approximate surface area is 94.8 Å². The van der Waals surface area contributed by atoms with Crippen molar-refractivity contribution in [2.24, 2.45) is 0 Å². The molecule has 0 aliphatic rings. The molecule has 2 rings (SSSR count). The molecule has 6 heteroatoms. The molecule has 90 valence electrons. The van der Waals surface area contributed by atoms with Crippen molar-refractivity contribution in [3.05, 3.63) is 36.4 Å². The Bertz CT molecular complexity index is 506. The Hall–Kier alpha value is -1.98. The standard InChI is InChI=1S/C11H8F3NO2/c1-16-9-4-7(11(12,13)14)2-3-8(9)10-5-15-6-17-10/h2-6H,1H3. The van der Waals surface area contributed by atoms with Crippen LogP contribution in [0.5, 0.6) is 5.75 Å². The van der Waals surface area contributed by atoms with Crippen LogP contribution >= 0.6 is 0 Å². The Morgan fingerprint density at radius 2 is 2.06 bits per heavy atom. The van der Waals surface area contributed by atoms with Crippen LogP contribution in [0.3, 0.4) is 0 Å². The van der Waals surface area contributed by atoms with E-state index in [9.17, 15) is 13.2 Å². The van der Waals surface area contributed by atoms with Gasteiger partial charge in [0.05, 0.1) is 24.4 Å². The number of nitrogens with zero attached hydrogens (tertiary/aromatic N) is 1. The van der Waals surface area contributed by atoms with E-state index in [0.717, 1.165) is 12.1 Å². The van der Waals surface area contributed by atoms with Gasteiger partial charge in [-0.25, -0.2) is 4.98 Å². The maximum atomic E-state index is 12.5. The van der Waals surface area contributed by atoms with Crippen LogP contribution < -0.4 is 4.74 Å². The normalized spacial score (nSPS) is 11.5. The lowest BCUT2D eigenvalue weighted by Crippen LogP contribution is -2.05. The van der Waals surface area contributed by atoms with Crippen LogP contribution in [-0.2, 0) is 6.18 Å². The van der Waals surface area contributed by atoms with Gasteiger partial charge in [-0.2, -0.15) is 13.2 Å². The molecule has 0 saturated carbocycles. The van der Waals surface area contributed by atoms with Crippen LogP contribution in [0.1, 0.15) is 5.56 Å². The van der Waals surface area contributed by atoms with Crippen molar-refractivity contribution in [1.29, 1.82) is 0 Å². The van der Waals surface area contributed by atoms with Gasteiger partial charge in [-0.3, -0.25) is 0 Å². The summed E-state index contributed by atoms with van der Waals surface area (Å²) in [6.45, 7) is 0. The van der Waals surface area contributed by atoms with Crippen molar-refractivity contribution >= 4 is 0 Å². The number of benzene rings is 1. The first kappa shape index (κ1) is 11.5. The van der Waals surface area contributed by atoms with E-state index in [1.807, 2.05) is 0 Å². The van der Waals surface area contributed by atoms with Crippen molar-refractivity contribution in [2.75, 3.05) is 7.11 Å². The van der Waals surface area contributed by atoms with E-state index in [4.69, 9.17) is 9.15 Å². The number of ether oxygens (including phenoxy) is 1. The lowest BCUT2D eigenvalue weighted by atomic mass is 10.1. The average Bonchev–Trinajstić information content (AvgIpc) is 2.80. The summed E-state index contributed by atoms with van der Waals surface area (Å²) >= 11 is 0. The van der Waals surface area contributed by atoms with E-state index in [2.05, 4.69) is 4.98 Å². The summed E-state index contributed by atoms with van der Waals surface area (Å²) in [7, 11) is 1.30. The predicted octanol–water partition coefficient (Wildman–Crippen LogP) is 3.37. The van der Waals surface area contributed by atoms with E-state index < -0.39 is 11.7 Å². The molecule has 1 aromatic heterocycles. The monoisotopic (exact) mass is 243 g/mol. The SMILES string of the molecule is COc1cc(C(F)(F)F)ccc1-c1cnco1. The molecule has 0 N–H and O–H groups in total. The van der Waals surface area contributed by atoms with E-state index >= 15 is 0 Å². The fraction of sp³-hybridized carbons (Fsp3) is 0.182. The molecule has 0 aliphatic heterocycles. The van der Waals surface area contributed by atoms with Gasteiger partial charge < -0.3 is 9.15 Å². The van der Waals surface area contributed by atoms with Crippen LogP contribution in [0.4, 0.5) is 13.2 Å². The molecule has 0 radical (unpaired) electrons. The highest BCUT2D eigenvalue weighted by atomic mass is 19.4. The Morgan fingerprint density at radius 3 is 2.59 bits per heavy atom. The predicted molar refractivity (Wildman–Crippen MR) is 53.5 cm³/mol. The molecular formula is C11H8F3NO2. The van der Waals surface area contributed by atoms with E-state index in [1.54, 1.807) is 0 Å². The lowest BCUT2D eigenvalue weighted by Gasteiger charge is -2.11. The van der Waals surface area contributed by atoms with Crippen molar-refractivity contribution in [2.45, 2.75) is 6.18 Å². The summed E-state index contributed by atoms with van der Waals surface area (Å²) in [4.78, 5) is 3.70. The number of halogens is 3. The molecule has 2 aromatic rings. The second-order valence-corrected chi connectivity index (χ2v) is 3.28. The molecule has 0 unspecified atom stereocenters. The highest BCUT2D eigenvalue weighted by Gasteiger charge is 2.31. The highest BCUT2D eigenvalue weighted by molar-refractivity contribution is 5.65. The van der Waals surface area contributed by atoms with Crippen molar-refractivity contribution < 1.29 is 22.3 Å². The number of aromatic nitrogens is 1. The first-order chi connectivity index (χ1) is 8.02. The van der Waals surface area contributed by atoms with Gasteiger partial charge in [0.2, 0.25) is 0 Å². The van der Waals surface area contributed by atoms with Crippen LogP contribution in [-0.4, -0.2) is 12.1 Å². The van der Waals surface area contributed by atoms with Gasteiger partial charge in [-0.05, 0) is 18.2 Å². The Morgan fingerprint density at radius 1 is 1.29 bits per heavy atom. The topological polar surface area (TPSA) is 35.3 Å². The molecule has 1 aromatic carbocycles.